The summed E-state index contributed by atoms with van der Waals surface area (Å²) in [5.41, 5.74) is 1.39. The lowest BCUT2D eigenvalue weighted by molar-refractivity contribution is -0.117. The van der Waals surface area contributed by atoms with E-state index in [2.05, 4.69) is 35.6 Å². The van der Waals surface area contributed by atoms with Crippen LogP contribution in [-0.4, -0.2) is 37.5 Å². The third-order valence-corrected chi connectivity index (χ3v) is 4.37. The van der Waals surface area contributed by atoms with Gasteiger partial charge >= 0.3 is 0 Å². The predicted molar refractivity (Wildman–Crippen MR) is 91.7 cm³/mol. The highest BCUT2D eigenvalue weighted by Crippen LogP contribution is 2.29. The Kier molecular flexibility index (Phi) is 6.66. The van der Waals surface area contributed by atoms with Gasteiger partial charge in [0, 0.05) is 18.7 Å². The second kappa shape index (κ2) is 8.74. The number of nitrogens with one attached hydrogen (secondary N) is 1. The summed E-state index contributed by atoms with van der Waals surface area (Å²) >= 11 is 0. The molecule has 1 saturated carbocycles. The number of aryl methyl sites for hydroxylation is 1. The van der Waals surface area contributed by atoms with E-state index in [0.29, 0.717) is 12.0 Å². The molecule has 2 rings (SSSR count). The predicted octanol–water partition coefficient (Wildman–Crippen LogP) is 3.02. The highest BCUT2D eigenvalue weighted by molar-refractivity contribution is 5.87. The molecule has 0 saturated heterocycles. The van der Waals surface area contributed by atoms with E-state index in [9.17, 15) is 4.79 Å². The van der Waals surface area contributed by atoms with Gasteiger partial charge in [0.15, 0.2) is 0 Å². The highest BCUT2D eigenvalue weighted by atomic mass is 16.1. The first kappa shape index (κ1) is 16.8. The van der Waals surface area contributed by atoms with Crippen LogP contribution in [0.5, 0.6) is 0 Å². The van der Waals surface area contributed by atoms with E-state index in [1.165, 1.54) is 18.4 Å². The molecule has 3 nitrogen and oxygen atoms in total. The minimum atomic E-state index is 0.0541. The van der Waals surface area contributed by atoms with E-state index in [0.717, 1.165) is 25.8 Å². The van der Waals surface area contributed by atoms with Crippen molar-refractivity contribution in [1.29, 1.82) is 0 Å². The number of hydrogen-bond acceptors (Lipinski definition) is 2. The van der Waals surface area contributed by atoms with Crippen LogP contribution in [0.25, 0.3) is 0 Å². The van der Waals surface area contributed by atoms with E-state index < -0.39 is 0 Å². The number of carbonyl (C=O) groups is 1. The third kappa shape index (κ3) is 5.64. The molecule has 1 aliphatic rings. The van der Waals surface area contributed by atoms with Crippen molar-refractivity contribution in [2.24, 2.45) is 5.92 Å². The highest BCUT2D eigenvalue weighted by Gasteiger charge is 2.27. The SMILES string of the molecule is CN(C)C/C=C/C(=O)NC1CCCC1CCc1ccccc1. The van der Waals surface area contributed by atoms with Gasteiger partial charge in [-0.05, 0) is 51.3 Å². The Balaban J connectivity index is 1.78. The summed E-state index contributed by atoms with van der Waals surface area (Å²) in [5.74, 6) is 0.671. The Morgan fingerprint density at radius 2 is 2.05 bits per heavy atom. The number of nitrogens with zero attached hydrogens (tertiary/aromatic N) is 1. The van der Waals surface area contributed by atoms with Crippen molar-refractivity contribution >= 4 is 5.91 Å². The Morgan fingerprint density at radius 1 is 1.27 bits per heavy atom. The fourth-order valence-electron chi connectivity index (χ4n) is 3.17. The van der Waals surface area contributed by atoms with Gasteiger partial charge in [-0.25, -0.2) is 0 Å². The first-order valence-electron chi connectivity index (χ1n) is 8.31. The molecule has 1 fully saturated rings. The lowest BCUT2D eigenvalue weighted by Gasteiger charge is -2.20. The minimum Gasteiger partial charge on any atom is -0.350 e. The molecule has 0 aromatic heterocycles. The molecular formula is C19H28N2O. The molecule has 2 atom stereocenters. The molecule has 2 unspecified atom stereocenters. The van der Waals surface area contributed by atoms with Gasteiger partial charge in [0.25, 0.3) is 0 Å². The van der Waals surface area contributed by atoms with Crippen molar-refractivity contribution < 1.29 is 4.79 Å². The van der Waals surface area contributed by atoms with Crippen molar-refractivity contribution in [2.75, 3.05) is 20.6 Å². The van der Waals surface area contributed by atoms with Gasteiger partial charge in [-0.2, -0.15) is 0 Å². The first-order valence-corrected chi connectivity index (χ1v) is 8.31. The topological polar surface area (TPSA) is 32.3 Å². The molecule has 22 heavy (non-hydrogen) atoms. The van der Waals surface area contributed by atoms with Gasteiger partial charge in [0.1, 0.15) is 0 Å². The summed E-state index contributed by atoms with van der Waals surface area (Å²) in [6.07, 6.45) is 9.44. The molecule has 0 bridgehead atoms. The Labute approximate surface area is 134 Å². The second-order valence-corrected chi connectivity index (χ2v) is 6.49. The monoisotopic (exact) mass is 300 g/mol. The summed E-state index contributed by atoms with van der Waals surface area (Å²) in [7, 11) is 4.00. The van der Waals surface area contributed by atoms with E-state index in [4.69, 9.17) is 0 Å². The molecule has 0 heterocycles. The van der Waals surface area contributed by atoms with Crippen LogP contribution in [0.3, 0.4) is 0 Å². The van der Waals surface area contributed by atoms with Gasteiger partial charge in [0.2, 0.25) is 5.91 Å². The van der Waals surface area contributed by atoms with Crippen LogP contribution in [0, 0.1) is 5.92 Å². The van der Waals surface area contributed by atoms with Gasteiger partial charge in [-0.3, -0.25) is 4.79 Å². The number of amides is 1. The molecule has 0 spiro atoms. The third-order valence-electron chi connectivity index (χ3n) is 4.37. The molecule has 1 N–H and O–H groups in total. The van der Waals surface area contributed by atoms with Crippen LogP contribution in [-0.2, 0) is 11.2 Å². The standard InChI is InChI=1S/C19H28N2O/c1-21(2)15-7-12-19(22)20-18-11-6-10-17(18)14-13-16-8-4-3-5-9-16/h3-5,7-9,12,17-18H,6,10-11,13-15H2,1-2H3,(H,20,22)/b12-7+. The quantitative estimate of drug-likeness (QED) is 0.785. The molecule has 1 amide bonds. The van der Waals surface area contributed by atoms with Crippen LogP contribution in [0.1, 0.15) is 31.2 Å². The zero-order valence-electron chi connectivity index (χ0n) is 13.8. The summed E-state index contributed by atoms with van der Waals surface area (Å²) in [6, 6.07) is 11.0. The lowest BCUT2D eigenvalue weighted by Crippen LogP contribution is -2.36. The van der Waals surface area contributed by atoms with Crippen molar-refractivity contribution in [3.8, 4) is 0 Å². The van der Waals surface area contributed by atoms with Gasteiger partial charge < -0.3 is 10.2 Å². The molecule has 0 aliphatic heterocycles. The second-order valence-electron chi connectivity index (χ2n) is 6.49. The maximum atomic E-state index is 12.0. The van der Waals surface area contributed by atoms with Gasteiger partial charge in [-0.1, -0.05) is 42.8 Å². The van der Waals surface area contributed by atoms with Crippen LogP contribution in [0.15, 0.2) is 42.5 Å². The Bertz CT molecular complexity index is 481. The van der Waals surface area contributed by atoms with Crippen LogP contribution in [0.4, 0.5) is 0 Å². The maximum absolute atomic E-state index is 12.0. The Morgan fingerprint density at radius 3 is 2.77 bits per heavy atom. The zero-order valence-corrected chi connectivity index (χ0v) is 13.8. The molecule has 1 aliphatic carbocycles. The molecule has 0 radical (unpaired) electrons. The first-order chi connectivity index (χ1) is 10.6. The van der Waals surface area contributed by atoms with E-state index in [-0.39, 0.29) is 5.91 Å². The summed E-state index contributed by atoms with van der Waals surface area (Å²) < 4.78 is 0. The van der Waals surface area contributed by atoms with Crippen LogP contribution < -0.4 is 5.32 Å². The summed E-state index contributed by atoms with van der Waals surface area (Å²) in [5, 5.41) is 3.19. The fourth-order valence-corrected chi connectivity index (χ4v) is 3.17. The minimum absolute atomic E-state index is 0.0541. The molecule has 1 aromatic rings. The lowest BCUT2D eigenvalue weighted by atomic mass is 9.95. The normalized spacial score (nSPS) is 21.6. The summed E-state index contributed by atoms with van der Waals surface area (Å²) in [4.78, 5) is 14.0. The van der Waals surface area contributed by atoms with E-state index in [1.807, 2.05) is 25.1 Å². The zero-order chi connectivity index (χ0) is 15.8. The number of benzene rings is 1. The smallest absolute Gasteiger partial charge is 0.243 e. The molecule has 1 aromatic carbocycles. The van der Waals surface area contributed by atoms with Crippen molar-refractivity contribution in [1.82, 2.24) is 10.2 Å². The molecule has 120 valence electrons. The molecule has 3 heteroatoms. The van der Waals surface area contributed by atoms with Crippen LogP contribution >= 0.6 is 0 Å². The van der Waals surface area contributed by atoms with Crippen molar-refractivity contribution in [2.45, 2.75) is 38.1 Å². The van der Waals surface area contributed by atoms with Crippen molar-refractivity contribution in [3.63, 3.8) is 0 Å². The van der Waals surface area contributed by atoms with Crippen LogP contribution in [0.2, 0.25) is 0 Å². The average Bonchev–Trinajstić information content (AvgIpc) is 2.93. The number of likely N-dealkylation sites (N-methyl/N-ethyl adjacent to an activating group) is 1. The maximum Gasteiger partial charge on any atom is 0.243 e. The average molecular weight is 300 g/mol. The number of hydrogen-bond donors (Lipinski definition) is 1. The van der Waals surface area contributed by atoms with E-state index >= 15 is 0 Å². The Hall–Kier alpha value is -1.61. The van der Waals surface area contributed by atoms with Crippen molar-refractivity contribution in [3.05, 3.63) is 48.0 Å². The fraction of sp³-hybridized carbons (Fsp3) is 0.526. The van der Waals surface area contributed by atoms with E-state index in [1.54, 1.807) is 6.08 Å². The van der Waals surface area contributed by atoms with Gasteiger partial charge in [0.05, 0.1) is 0 Å². The largest absolute Gasteiger partial charge is 0.350 e. The summed E-state index contributed by atoms with van der Waals surface area (Å²) in [6.45, 7) is 0.801. The van der Waals surface area contributed by atoms with Gasteiger partial charge in [-0.15, -0.1) is 0 Å². The molecular weight excluding hydrogens is 272 g/mol. The number of rotatable bonds is 7. The number of carbonyl (C=O) groups excluding carboxylic acids is 1.